The van der Waals surface area contributed by atoms with Gasteiger partial charge >= 0.3 is 0 Å². The van der Waals surface area contributed by atoms with Crippen molar-refractivity contribution in [3.05, 3.63) is 35.4 Å². The molecule has 3 nitrogen and oxygen atoms in total. The molecule has 0 fully saturated rings. The summed E-state index contributed by atoms with van der Waals surface area (Å²) in [7, 11) is 0. The van der Waals surface area contributed by atoms with Crippen LogP contribution in [0.15, 0.2) is 24.3 Å². The molecule has 1 aromatic carbocycles. The summed E-state index contributed by atoms with van der Waals surface area (Å²) >= 11 is 1.17. The van der Waals surface area contributed by atoms with Crippen molar-refractivity contribution in [3.8, 4) is 0 Å². The largest absolute Gasteiger partial charge is 0.390 e. The lowest BCUT2D eigenvalue weighted by atomic mass is 10.0. The van der Waals surface area contributed by atoms with Gasteiger partial charge in [0.25, 0.3) is 0 Å². The van der Waals surface area contributed by atoms with E-state index in [-0.39, 0.29) is 5.12 Å². The molecule has 0 aliphatic carbocycles. The second kappa shape index (κ2) is 6.79. The minimum absolute atomic E-state index is 0.0299. The molecule has 17 heavy (non-hydrogen) atoms. The maximum Gasteiger partial charge on any atom is 0.185 e. The Kier molecular flexibility index (Phi) is 5.68. The van der Waals surface area contributed by atoms with Crippen LogP contribution in [0.1, 0.15) is 30.6 Å². The van der Waals surface area contributed by atoms with Crippen LogP contribution < -0.4 is 0 Å². The average Bonchev–Trinajstić information content (AvgIpc) is 2.27. The van der Waals surface area contributed by atoms with E-state index in [0.29, 0.717) is 17.7 Å². The van der Waals surface area contributed by atoms with Gasteiger partial charge in [-0.05, 0) is 18.9 Å². The Bertz CT molecular complexity index is 379. The first-order valence-electron chi connectivity index (χ1n) is 5.56. The van der Waals surface area contributed by atoms with E-state index in [2.05, 4.69) is 0 Å². The number of carbonyl (C=O) groups is 1. The van der Waals surface area contributed by atoms with E-state index < -0.39 is 12.2 Å². The van der Waals surface area contributed by atoms with E-state index >= 15 is 0 Å². The monoisotopic (exact) mass is 254 g/mol. The number of carbonyl (C=O) groups excluding carboxylic acids is 1. The maximum absolute atomic E-state index is 10.7. The molecule has 0 spiro atoms. The van der Waals surface area contributed by atoms with Crippen LogP contribution in [0.4, 0.5) is 0 Å². The van der Waals surface area contributed by atoms with Gasteiger partial charge in [-0.15, -0.1) is 0 Å². The lowest BCUT2D eigenvalue weighted by Gasteiger charge is -2.18. The van der Waals surface area contributed by atoms with E-state index in [1.807, 2.05) is 25.1 Å². The van der Waals surface area contributed by atoms with Crippen LogP contribution in [-0.2, 0) is 4.79 Å². The van der Waals surface area contributed by atoms with Gasteiger partial charge in [-0.25, -0.2) is 0 Å². The molecule has 0 saturated heterocycles. The fourth-order valence-corrected chi connectivity index (χ4v) is 2.20. The lowest BCUT2D eigenvalue weighted by Crippen LogP contribution is -2.19. The third kappa shape index (κ3) is 4.89. The van der Waals surface area contributed by atoms with Crippen LogP contribution in [0.2, 0.25) is 0 Å². The maximum atomic E-state index is 10.7. The normalized spacial score (nSPS) is 14.4. The second-order valence-corrected chi connectivity index (χ2v) is 5.33. The smallest absolute Gasteiger partial charge is 0.185 e. The standard InChI is InChI=1S/C13H18O3S/c1-9-4-3-5-11(8-9)13(16)12(15)6-7-17-10(2)14/h3-5,8,12-13,15-16H,6-7H2,1-2H3. The summed E-state index contributed by atoms with van der Waals surface area (Å²) in [5.74, 6) is 0.527. The highest BCUT2D eigenvalue weighted by Gasteiger charge is 2.18. The Hall–Kier alpha value is -0.840. The van der Waals surface area contributed by atoms with Gasteiger partial charge in [0.05, 0.1) is 6.10 Å². The van der Waals surface area contributed by atoms with Crippen LogP contribution in [0, 0.1) is 6.92 Å². The van der Waals surface area contributed by atoms with Crippen LogP contribution >= 0.6 is 11.8 Å². The van der Waals surface area contributed by atoms with Crippen LogP contribution in [0.25, 0.3) is 0 Å². The Morgan fingerprint density at radius 1 is 1.41 bits per heavy atom. The predicted molar refractivity (Wildman–Crippen MR) is 69.9 cm³/mol. The first-order valence-corrected chi connectivity index (χ1v) is 6.55. The van der Waals surface area contributed by atoms with Crippen molar-refractivity contribution in [1.29, 1.82) is 0 Å². The van der Waals surface area contributed by atoms with Crippen LogP contribution in [-0.4, -0.2) is 27.2 Å². The summed E-state index contributed by atoms with van der Waals surface area (Å²) in [6.45, 7) is 3.43. The molecule has 94 valence electrons. The first kappa shape index (κ1) is 14.2. The number of hydrogen-bond donors (Lipinski definition) is 2. The summed E-state index contributed by atoms with van der Waals surface area (Å²) in [6, 6.07) is 7.43. The molecule has 0 bridgehead atoms. The van der Waals surface area contributed by atoms with Crippen molar-refractivity contribution in [2.45, 2.75) is 32.5 Å². The molecule has 0 aromatic heterocycles. The molecule has 2 unspecified atom stereocenters. The van der Waals surface area contributed by atoms with Gasteiger partial charge in [-0.2, -0.15) is 0 Å². The highest BCUT2D eigenvalue weighted by molar-refractivity contribution is 8.13. The number of aryl methyl sites for hydroxylation is 1. The van der Waals surface area contributed by atoms with Crippen LogP contribution in [0.5, 0.6) is 0 Å². The fraction of sp³-hybridized carbons (Fsp3) is 0.462. The quantitative estimate of drug-likeness (QED) is 0.844. The zero-order valence-electron chi connectivity index (χ0n) is 10.1. The Morgan fingerprint density at radius 2 is 2.12 bits per heavy atom. The number of aliphatic hydroxyl groups excluding tert-OH is 2. The molecule has 0 aliphatic rings. The molecule has 2 atom stereocenters. The zero-order valence-corrected chi connectivity index (χ0v) is 10.9. The van der Waals surface area contributed by atoms with E-state index in [0.717, 1.165) is 5.56 Å². The highest BCUT2D eigenvalue weighted by Crippen LogP contribution is 2.21. The lowest BCUT2D eigenvalue weighted by molar-refractivity contribution is -0.109. The van der Waals surface area contributed by atoms with Gasteiger partial charge < -0.3 is 10.2 Å². The Morgan fingerprint density at radius 3 is 2.71 bits per heavy atom. The van der Waals surface area contributed by atoms with Crippen molar-refractivity contribution < 1.29 is 15.0 Å². The molecule has 1 aromatic rings. The molecule has 0 amide bonds. The van der Waals surface area contributed by atoms with E-state index in [9.17, 15) is 15.0 Å². The summed E-state index contributed by atoms with van der Waals surface area (Å²) in [4.78, 5) is 10.7. The molecule has 0 saturated carbocycles. The molecule has 0 heterocycles. The molecular formula is C13H18O3S. The average molecular weight is 254 g/mol. The van der Waals surface area contributed by atoms with Gasteiger partial charge in [0, 0.05) is 12.7 Å². The predicted octanol–water partition coefficient (Wildman–Crippen LogP) is 2.06. The zero-order chi connectivity index (χ0) is 12.8. The third-order valence-corrected chi connectivity index (χ3v) is 3.31. The Balaban J connectivity index is 2.51. The number of thioether (sulfide) groups is 1. The summed E-state index contributed by atoms with van der Waals surface area (Å²) in [6.07, 6.45) is -1.31. The molecule has 0 aliphatic heterocycles. The number of hydrogen-bond acceptors (Lipinski definition) is 4. The van der Waals surface area contributed by atoms with Crippen molar-refractivity contribution in [2.75, 3.05) is 5.75 Å². The number of aliphatic hydroxyl groups is 2. The second-order valence-electron chi connectivity index (χ2n) is 4.06. The Labute approximate surface area is 106 Å². The van der Waals surface area contributed by atoms with E-state index in [1.165, 1.54) is 18.7 Å². The topological polar surface area (TPSA) is 57.5 Å². The van der Waals surface area contributed by atoms with Gasteiger partial charge in [-0.1, -0.05) is 41.6 Å². The first-order chi connectivity index (χ1) is 8.00. The van der Waals surface area contributed by atoms with Crippen molar-refractivity contribution in [2.24, 2.45) is 0 Å². The van der Waals surface area contributed by atoms with Crippen molar-refractivity contribution >= 4 is 16.9 Å². The van der Waals surface area contributed by atoms with E-state index in [1.54, 1.807) is 6.07 Å². The minimum Gasteiger partial charge on any atom is -0.390 e. The third-order valence-electron chi connectivity index (χ3n) is 2.47. The van der Waals surface area contributed by atoms with Crippen LogP contribution in [0.3, 0.4) is 0 Å². The summed E-state index contributed by atoms with van der Waals surface area (Å²) in [5.41, 5.74) is 1.76. The molecule has 4 heteroatoms. The molecular weight excluding hydrogens is 236 g/mol. The number of rotatable bonds is 5. The highest BCUT2D eigenvalue weighted by atomic mass is 32.2. The summed E-state index contributed by atoms with van der Waals surface area (Å²) in [5, 5.41) is 19.8. The SMILES string of the molecule is CC(=O)SCCC(O)C(O)c1cccc(C)c1. The molecule has 1 rings (SSSR count). The molecule has 0 radical (unpaired) electrons. The van der Waals surface area contributed by atoms with Crippen molar-refractivity contribution in [3.63, 3.8) is 0 Å². The van der Waals surface area contributed by atoms with Crippen molar-refractivity contribution in [1.82, 2.24) is 0 Å². The van der Waals surface area contributed by atoms with E-state index in [4.69, 9.17) is 0 Å². The van der Waals surface area contributed by atoms with Gasteiger partial charge in [0.2, 0.25) is 0 Å². The van der Waals surface area contributed by atoms with Gasteiger partial charge in [0.15, 0.2) is 5.12 Å². The molecule has 2 N–H and O–H groups in total. The van der Waals surface area contributed by atoms with Gasteiger partial charge in [0.1, 0.15) is 6.10 Å². The summed E-state index contributed by atoms with van der Waals surface area (Å²) < 4.78 is 0. The van der Waals surface area contributed by atoms with Gasteiger partial charge in [-0.3, -0.25) is 4.79 Å². The number of benzene rings is 1. The fourth-order valence-electron chi connectivity index (χ4n) is 1.56. The minimum atomic E-state index is -0.887.